The number of pyridine rings is 1. The summed E-state index contributed by atoms with van der Waals surface area (Å²) in [6, 6.07) is 43.8. The van der Waals surface area contributed by atoms with Crippen LogP contribution in [-0.4, -0.2) is 4.98 Å². The number of fused-ring (bicyclic) bond motifs is 2. The molecule has 0 fully saturated rings. The van der Waals surface area contributed by atoms with Crippen molar-refractivity contribution in [3.8, 4) is 11.3 Å². The maximum Gasteiger partial charge on any atom is 4.00 e. The van der Waals surface area contributed by atoms with Gasteiger partial charge in [-0.1, -0.05) is 141 Å². The van der Waals surface area contributed by atoms with E-state index in [9.17, 15) is 0 Å². The van der Waals surface area contributed by atoms with Gasteiger partial charge in [0.25, 0.3) is 0 Å². The van der Waals surface area contributed by atoms with Crippen molar-refractivity contribution in [2.45, 2.75) is 45.6 Å². The molecule has 0 aliphatic heterocycles. The predicted octanol–water partition coefficient (Wildman–Crippen LogP) is 11.8. The molecule has 0 bridgehead atoms. The summed E-state index contributed by atoms with van der Waals surface area (Å²) in [5.74, 6) is 0.713. The Morgan fingerprint density at radius 2 is 1.12 bits per heavy atom. The third-order valence-corrected chi connectivity index (χ3v) is 7.75. The van der Waals surface area contributed by atoms with E-state index in [0.717, 1.165) is 33.6 Å². The van der Waals surface area contributed by atoms with E-state index < -0.39 is 0 Å². The Labute approximate surface area is 277 Å². The average molecular weight is 727 g/mol. The molecule has 0 spiro atoms. The fraction of sp³-hybridized carbons (Fsp3) is 0.175. The molecule has 1 aromatic heterocycles. The molecule has 1 heterocycles. The molecule has 6 rings (SSSR count). The molecule has 1 atom stereocenters. The molecule has 0 radical (unpaired) electrons. The minimum atomic E-state index is -0.265. The van der Waals surface area contributed by atoms with Crippen molar-refractivity contribution >= 4 is 27.2 Å². The van der Waals surface area contributed by atoms with Crippen molar-refractivity contribution in [2.75, 3.05) is 0 Å². The molecule has 6 aromatic rings. The summed E-state index contributed by atoms with van der Waals surface area (Å²) >= 11 is 0. The Kier molecular flexibility index (Phi) is 11.6. The van der Waals surface area contributed by atoms with Crippen LogP contribution in [0.2, 0.25) is 0 Å². The Bertz CT molecular complexity index is 1770. The van der Waals surface area contributed by atoms with E-state index in [1.807, 2.05) is 6.07 Å². The number of benzene rings is 5. The standard InChI is InChI=1S/C38H34N2.2CH3.Hf/c1-25(2)29-19-11-20-30(26(3)4)37(29)40-38(34-22-10-16-28-14-6-8-18-32(28)34)36-24-12-23-35(39-36)33-21-9-15-27-13-5-7-17-31(27)33;;;/h5-20,22-26,38H,1-4H3;2*1H3;/q-2;2*-1;+4. The van der Waals surface area contributed by atoms with Crippen LogP contribution >= 0.6 is 0 Å². The summed E-state index contributed by atoms with van der Waals surface area (Å²) in [4.78, 5) is 5.30. The third-order valence-electron chi connectivity index (χ3n) is 7.75. The van der Waals surface area contributed by atoms with Crippen molar-refractivity contribution in [1.82, 2.24) is 4.98 Å². The molecule has 0 saturated carbocycles. The quantitative estimate of drug-likeness (QED) is 0.119. The van der Waals surface area contributed by atoms with Gasteiger partial charge in [-0.2, -0.15) is 0 Å². The van der Waals surface area contributed by atoms with Crippen molar-refractivity contribution in [3.63, 3.8) is 0 Å². The minimum absolute atomic E-state index is 0. The van der Waals surface area contributed by atoms with Gasteiger partial charge in [0.15, 0.2) is 0 Å². The van der Waals surface area contributed by atoms with Gasteiger partial charge in [-0.15, -0.1) is 34.8 Å². The largest absolute Gasteiger partial charge is 4.00 e. The normalized spacial score (nSPS) is 11.5. The maximum absolute atomic E-state index is 5.62. The van der Waals surface area contributed by atoms with Crippen LogP contribution in [-0.2, 0) is 25.8 Å². The monoisotopic (exact) mass is 728 g/mol. The molecule has 2 nitrogen and oxygen atoms in total. The van der Waals surface area contributed by atoms with Crippen LogP contribution in [0.15, 0.2) is 115 Å². The second-order valence-electron chi connectivity index (χ2n) is 11.1. The summed E-state index contributed by atoms with van der Waals surface area (Å²) in [6.45, 7) is 9.00. The summed E-state index contributed by atoms with van der Waals surface area (Å²) in [7, 11) is 0. The first-order chi connectivity index (χ1) is 19.5. The number of para-hydroxylation sites is 1. The summed E-state index contributed by atoms with van der Waals surface area (Å²) < 4.78 is 0. The van der Waals surface area contributed by atoms with Gasteiger partial charge >= 0.3 is 25.8 Å². The molecule has 0 amide bonds. The zero-order valence-corrected chi connectivity index (χ0v) is 29.7. The second kappa shape index (κ2) is 14.8. The molecule has 1 unspecified atom stereocenters. The van der Waals surface area contributed by atoms with Crippen LogP contribution in [0.25, 0.3) is 38.1 Å². The van der Waals surface area contributed by atoms with Gasteiger partial charge in [-0.25, -0.2) is 0 Å². The number of hydrogen-bond acceptors (Lipinski definition) is 1. The molecule has 0 aliphatic rings. The summed E-state index contributed by atoms with van der Waals surface area (Å²) in [5.41, 5.74) is 7.67. The Hall–Kier alpha value is -3.56. The fourth-order valence-electron chi connectivity index (χ4n) is 5.69. The SMILES string of the molecule is CC(C)c1cccc(C(C)C)c1[N-]C(c1cccc(-c2[c-]ccc3ccccc23)n1)c1cccc2ccccc12.[CH3-].[CH3-].[Hf+4]. The molecule has 5 aromatic carbocycles. The fourth-order valence-corrected chi connectivity index (χ4v) is 5.69. The predicted molar refractivity (Wildman–Crippen MR) is 182 cm³/mol. The number of hydrogen-bond donors (Lipinski definition) is 0. The van der Waals surface area contributed by atoms with Crippen LogP contribution in [0.1, 0.15) is 68.0 Å². The average Bonchev–Trinajstić information content (AvgIpc) is 2.99. The van der Waals surface area contributed by atoms with Crippen LogP contribution in [0, 0.1) is 20.9 Å². The van der Waals surface area contributed by atoms with Gasteiger partial charge in [0.2, 0.25) is 0 Å². The zero-order valence-electron chi connectivity index (χ0n) is 26.1. The van der Waals surface area contributed by atoms with Crippen molar-refractivity contribution in [3.05, 3.63) is 164 Å². The second-order valence-corrected chi connectivity index (χ2v) is 11.1. The number of aromatic nitrogens is 1. The number of nitrogens with zero attached hydrogens (tertiary/aromatic N) is 2. The first kappa shape index (κ1) is 33.9. The molecule has 0 aliphatic carbocycles. The molecule has 43 heavy (non-hydrogen) atoms. The zero-order chi connectivity index (χ0) is 27.6. The van der Waals surface area contributed by atoms with Crippen LogP contribution in [0.5, 0.6) is 0 Å². The van der Waals surface area contributed by atoms with Crippen LogP contribution in [0.4, 0.5) is 5.69 Å². The van der Waals surface area contributed by atoms with Gasteiger partial charge in [0.05, 0.1) is 0 Å². The van der Waals surface area contributed by atoms with Crippen LogP contribution in [0.3, 0.4) is 0 Å². The first-order valence-electron chi connectivity index (χ1n) is 14.2. The minimum Gasteiger partial charge on any atom is -0.673 e. The van der Waals surface area contributed by atoms with E-state index in [-0.39, 0.29) is 46.7 Å². The molecule has 0 N–H and O–H groups in total. The van der Waals surface area contributed by atoms with E-state index in [1.165, 1.54) is 27.3 Å². The summed E-state index contributed by atoms with van der Waals surface area (Å²) in [5, 5.41) is 10.4. The van der Waals surface area contributed by atoms with E-state index in [1.54, 1.807) is 0 Å². The van der Waals surface area contributed by atoms with Crippen molar-refractivity contribution in [1.29, 1.82) is 0 Å². The van der Waals surface area contributed by atoms with E-state index in [4.69, 9.17) is 10.3 Å². The Morgan fingerprint density at radius 1 is 0.581 bits per heavy atom. The Balaban J connectivity index is 0.00000169. The Morgan fingerprint density at radius 3 is 1.79 bits per heavy atom. The van der Waals surface area contributed by atoms with Crippen molar-refractivity contribution < 1.29 is 25.8 Å². The van der Waals surface area contributed by atoms with Crippen LogP contribution < -0.4 is 0 Å². The molecular weight excluding hydrogens is 687 g/mol. The molecule has 3 heteroatoms. The van der Waals surface area contributed by atoms with E-state index in [2.05, 4.69) is 143 Å². The summed E-state index contributed by atoms with van der Waals surface area (Å²) in [6.07, 6.45) is 0. The van der Waals surface area contributed by atoms with Gasteiger partial charge in [0, 0.05) is 5.69 Å². The molecular formula is C40H40HfN2. The van der Waals surface area contributed by atoms with E-state index in [0.29, 0.717) is 11.8 Å². The third kappa shape index (κ3) is 6.83. The first-order valence-corrected chi connectivity index (χ1v) is 14.2. The van der Waals surface area contributed by atoms with E-state index >= 15 is 0 Å². The van der Waals surface area contributed by atoms with Gasteiger partial charge in [0.1, 0.15) is 0 Å². The number of rotatable bonds is 7. The maximum atomic E-state index is 5.62. The van der Waals surface area contributed by atoms with Gasteiger partial charge < -0.3 is 25.2 Å². The van der Waals surface area contributed by atoms with Gasteiger partial charge in [-0.3, -0.25) is 0 Å². The topological polar surface area (TPSA) is 27.0 Å². The van der Waals surface area contributed by atoms with Crippen molar-refractivity contribution in [2.24, 2.45) is 0 Å². The molecule has 0 saturated heterocycles. The molecule has 214 valence electrons. The smallest absolute Gasteiger partial charge is 0.673 e. The van der Waals surface area contributed by atoms with Gasteiger partial charge in [-0.05, 0) is 46.0 Å².